The summed E-state index contributed by atoms with van der Waals surface area (Å²) in [7, 11) is 3.09. The molecule has 9 nitrogen and oxygen atoms in total. The lowest BCUT2D eigenvalue weighted by molar-refractivity contribution is -0.170. The number of halogens is 1. The number of ether oxygens (including phenoxy) is 3. The fourth-order valence-corrected chi connectivity index (χ4v) is 5.42. The van der Waals surface area contributed by atoms with E-state index < -0.39 is 22.8 Å². The Bertz CT molecular complexity index is 1480. The largest absolute Gasteiger partial charge is 0.494 e. The maximum absolute atomic E-state index is 14.4. The number of carbonyl (C=O) groups is 1. The van der Waals surface area contributed by atoms with Gasteiger partial charge in [0.15, 0.2) is 22.8 Å². The van der Waals surface area contributed by atoms with Crippen LogP contribution in [0, 0.1) is 5.82 Å². The van der Waals surface area contributed by atoms with Crippen LogP contribution in [-0.2, 0) is 19.7 Å². The number of pyridine rings is 1. The quantitative estimate of drug-likeness (QED) is 0.370. The maximum atomic E-state index is 14.4. The molecule has 10 heteroatoms. The Morgan fingerprint density at radius 3 is 2.78 bits per heavy atom. The Balaban J connectivity index is 1.82. The first-order valence-corrected chi connectivity index (χ1v) is 12.2. The first-order valence-electron chi connectivity index (χ1n) is 12.2. The van der Waals surface area contributed by atoms with E-state index in [0.717, 1.165) is 27.7 Å². The number of aromatic nitrogens is 4. The summed E-state index contributed by atoms with van der Waals surface area (Å²) in [5.41, 5.74) is 3.12. The second kappa shape index (κ2) is 9.11. The Morgan fingerprint density at radius 1 is 1.35 bits per heavy atom. The van der Waals surface area contributed by atoms with Crippen molar-refractivity contribution in [3.63, 3.8) is 0 Å². The van der Waals surface area contributed by atoms with Crippen molar-refractivity contribution < 1.29 is 28.5 Å². The molecule has 196 valence electrons. The van der Waals surface area contributed by atoms with Crippen molar-refractivity contribution in [3.05, 3.63) is 47.5 Å². The van der Waals surface area contributed by atoms with Crippen LogP contribution < -0.4 is 4.74 Å². The first-order chi connectivity index (χ1) is 17.6. The number of hydrogen-bond acceptors (Lipinski definition) is 6. The maximum Gasteiger partial charge on any atom is 0.335 e. The van der Waals surface area contributed by atoms with Crippen molar-refractivity contribution in [2.75, 3.05) is 27.4 Å². The molecular weight excluding hydrogens is 479 g/mol. The van der Waals surface area contributed by atoms with Crippen LogP contribution in [-0.4, -0.2) is 63.9 Å². The van der Waals surface area contributed by atoms with Gasteiger partial charge in [0.05, 0.1) is 37.6 Å². The molecule has 1 saturated heterocycles. The predicted molar refractivity (Wildman–Crippen MR) is 136 cm³/mol. The number of fused-ring (bicyclic) bond motifs is 2. The van der Waals surface area contributed by atoms with Crippen molar-refractivity contribution in [1.29, 1.82) is 0 Å². The molecular formula is C27H31FN4O5. The van der Waals surface area contributed by atoms with Gasteiger partial charge < -0.3 is 23.9 Å². The molecule has 0 saturated carbocycles. The molecule has 1 fully saturated rings. The average Bonchev–Trinajstić information content (AvgIpc) is 3.45. The summed E-state index contributed by atoms with van der Waals surface area (Å²) in [6.07, 6.45) is 2.68. The van der Waals surface area contributed by atoms with Gasteiger partial charge in [0, 0.05) is 46.8 Å². The van der Waals surface area contributed by atoms with E-state index in [-0.39, 0.29) is 18.3 Å². The number of nitrogens with one attached hydrogen (secondary N) is 1. The molecule has 4 aromatic rings. The lowest BCUT2D eigenvalue weighted by atomic mass is 9.80. The number of aromatic amines is 1. The summed E-state index contributed by atoms with van der Waals surface area (Å²) in [5, 5.41) is 17.6. The van der Waals surface area contributed by atoms with Gasteiger partial charge in [0.2, 0.25) is 0 Å². The Labute approximate surface area is 213 Å². The van der Waals surface area contributed by atoms with E-state index in [1.807, 2.05) is 6.07 Å². The standard InChI is InChI=1S/C27H31FN4O5/c1-26(2,14-35-4)23-21(15-8-9-27(3,25(33)34)37-13-15)22-19(10-16-12-29-31-24(16)30-22)32(23)17-6-7-18(28)20(11-17)36-5/h6-7,10-12,15H,8-9,13-14H2,1-5H3,(H,33,34)(H,29,30,31)/t15-,27+/m0/s1. The molecule has 0 bridgehead atoms. The number of aliphatic carboxylic acids is 1. The lowest BCUT2D eigenvalue weighted by Gasteiger charge is -2.36. The van der Waals surface area contributed by atoms with Gasteiger partial charge in [-0.1, -0.05) is 13.8 Å². The first kappa shape index (κ1) is 25.2. The molecule has 2 atom stereocenters. The van der Waals surface area contributed by atoms with Crippen LogP contribution in [0.2, 0.25) is 0 Å². The molecule has 3 aromatic heterocycles. The van der Waals surface area contributed by atoms with Gasteiger partial charge in [-0.3, -0.25) is 5.10 Å². The molecule has 0 unspecified atom stereocenters. The fraction of sp³-hybridized carbons (Fsp3) is 0.444. The van der Waals surface area contributed by atoms with Crippen LogP contribution in [0.25, 0.3) is 27.8 Å². The van der Waals surface area contributed by atoms with E-state index in [2.05, 4.69) is 28.6 Å². The summed E-state index contributed by atoms with van der Waals surface area (Å²) >= 11 is 0. The van der Waals surface area contributed by atoms with Crippen LogP contribution >= 0.6 is 0 Å². The number of H-pyrrole nitrogens is 1. The number of hydrogen-bond donors (Lipinski definition) is 2. The summed E-state index contributed by atoms with van der Waals surface area (Å²) < 4.78 is 33.4. The monoisotopic (exact) mass is 510 g/mol. The zero-order chi connectivity index (χ0) is 26.5. The third-order valence-electron chi connectivity index (χ3n) is 7.35. The van der Waals surface area contributed by atoms with Gasteiger partial charge in [0.1, 0.15) is 0 Å². The Hall–Kier alpha value is -3.50. The predicted octanol–water partition coefficient (Wildman–Crippen LogP) is 4.71. The van der Waals surface area contributed by atoms with E-state index in [9.17, 15) is 14.3 Å². The third-order valence-corrected chi connectivity index (χ3v) is 7.35. The lowest BCUT2D eigenvalue weighted by Crippen LogP contribution is -2.43. The highest BCUT2D eigenvalue weighted by atomic mass is 19.1. The summed E-state index contributed by atoms with van der Waals surface area (Å²) in [6, 6.07) is 6.78. The molecule has 1 aromatic carbocycles. The SMILES string of the molecule is COCC(C)(C)c1c([C@H]2CC[C@](C)(C(=O)O)OC2)c2nc3[nH]ncc3cc2n1-c1ccc(F)c(OC)c1. The summed E-state index contributed by atoms with van der Waals surface area (Å²) in [5.74, 6) is -1.40. The minimum absolute atomic E-state index is 0.113. The van der Waals surface area contributed by atoms with Gasteiger partial charge in [-0.2, -0.15) is 5.10 Å². The number of methoxy groups -OCH3 is 2. The van der Waals surface area contributed by atoms with Crippen molar-refractivity contribution in [3.8, 4) is 11.4 Å². The highest BCUT2D eigenvalue weighted by Crippen LogP contribution is 2.45. The normalized spacial score (nSPS) is 20.5. The summed E-state index contributed by atoms with van der Waals surface area (Å²) in [4.78, 5) is 16.8. The number of carboxylic acid groups (broad SMARTS) is 1. The number of rotatable bonds is 7. The molecule has 1 aliphatic heterocycles. The van der Waals surface area contributed by atoms with Crippen molar-refractivity contribution >= 4 is 28.0 Å². The minimum atomic E-state index is -1.23. The molecule has 0 spiro atoms. The highest BCUT2D eigenvalue weighted by Gasteiger charge is 2.42. The van der Waals surface area contributed by atoms with Crippen LogP contribution in [0.15, 0.2) is 30.5 Å². The number of benzene rings is 1. The molecule has 5 rings (SSSR count). The zero-order valence-corrected chi connectivity index (χ0v) is 21.6. The Morgan fingerprint density at radius 2 is 2.14 bits per heavy atom. The Kier molecular flexibility index (Phi) is 6.19. The second-order valence-corrected chi connectivity index (χ2v) is 10.5. The van der Waals surface area contributed by atoms with E-state index >= 15 is 0 Å². The van der Waals surface area contributed by atoms with Gasteiger partial charge in [-0.05, 0) is 38.0 Å². The van der Waals surface area contributed by atoms with Gasteiger partial charge >= 0.3 is 5.97 Å². The number of carboxylic acids is 1. The molecule has 0 aliphatic carbocycles. The van der Waals surface area contributed by atoms with Crippen LogP contribution in [0.5, 0.6) is 5.75 Å². The van der Waals surface area contributed by atoms with Crippen LogP contribution in [0.3, 0.4) is 0 Å². The smallest absolute Gasteiger partial charge is 0.335 e. The molecule has 37 heavy (non-hydrogen) atoms. The third kappa shape index (κ3) is 4.14. The molecule has 2 N–H and O–H groups in total. The minimum Gasteiger partial charge on any atom is -0.494 e. The fourth-order valence-electron chi connectivity index (χ4n) is 5.42. The molecule has 0 radical (unpaired) electrons. The van der Waals surface area contributed by atoms with Gasteiger partial charge in [-0.15, -0.1) is 0 Å². The van der Waals surface area contributed by atoms with Crippen molar-refractivity contribution in [2.45, 2.75) is 50.5 Å². The zero-order valence-electron chi connectivity index (χ0n) is 21.6. The highest BCUT2D eigenvalue weighted by molar-refractivity contribution is 5.94. The van der Waals surface area contributed by atoms with E-state index in [1.165, 1.54) is 13.2 Å². The average molecular weight is 511 g/mol. The molecule has 1 aliphatic rings. The van der Waals surface area contributed by atoms with E-state index in [0.29, 0.717) is 30.8 Å². The van der Waals surface area contributed by atoms with E-state index in [4.69, 9.17) is 19.2 Å². The van der Waals surface area contributed by atoms with Crippen molar-refractivity contribution in [2.24, 2.45) is 0 Å². The number of nitrogens with zero attached hydrogens (tertiary/aromatic N) is 3. The second-order valence-electron chi connectivity index (χ2n) is 10.5. The van der Waals surface area contributed by atoms with Crippen molar-refractivity contribution in [1.82, 2.24) is 19.7 Å². The van der Waals surface area contributed by atoms with E-state index in [1.54, 1.807) is 32.4 Å². The molecule has 0 amide bonds. The van der Waals surface area contributed by atoms with Gasteiger partial charge in [-0.25, -0.2) is 14.2 Å². The summed E-state index contributed by atoms with van der Waals surface area (Å²) in [6.45, 7) is 6.43. The van der Waals surface area contributed by atoms with Crippen LogP contribution in [0.1, 0.15) is 50.8 Å². The van der Waals surface area contributed by atoms with Gasteiger partial charge in [0.25, 0.3) is 0 Å². The molecule has 4 heterocycles. The van der Waals surface area contributed by atoms with Crippen LogP contribution in [0.4, 0.5) is 4.39 Å². The topological polar surface area (TPSA) is 111 Å².